The highest BCUT2D eigenvalue weighted by Crippen LogP contribution is 2.36. The van der Waals surface area contributed by atoms with Gasteiger partial charge in [0.05, 0.1) is 19.3 Å². The number of nitrogens with zero attached hydrogens (tertiary/aromatic N) is 1. The summed E-state index contributed by atoms with van der Waals surface area (Å²) in [6.07, 6.45) is 0. The molecule has 1 aromatic heterocycles. The summed E-state index contributed by atoms with van der Waals surface area (Å²) in [6.45, 7) is 0.334. The van der Waals surface area contributed by atoms with E-state index < -0.39 is 5.97 Å². The van der Waals surface area contributed by atoms with Gasteiger partial charge in [-0.05, 0) is 17.7 Å². The van der Waals surface area contributed by atoms with Crippen molar-refractivity contribution >= 4 is 21.9 Å². The summed E-state index contributed by atoms with van der Waals surface area (Å²) in [7, 11) is 3.10. The molecule has 0 aliphatic heterocycles. The molecule has 20 heavy (non-hydrogen) atoms. The number of rotatable bonds is 5. The van der Waals surface area contributed by atoms with Crippen LogP contribution >= 0.6 is 15.9 Å². The number of ether oxygens (including phenoxy) is 2. The van der Waals surface area contributed by atoms with E-state index >= 15 is 0 Å². The smallest absolute Gasteiger partial charge is 0.374 e. The Morgan fingerprint density at radius 1 is 1.40 bits per heavy atom. The first-order chi connectivity index (χ1) is 9.56. The van der Waals surface area contributed by atoms with Crippen molar-refractivity contribution in [2.75, 3.05) is 14.2 Å². The molecule has 2 rings (SSSR count). The van der Waals surface area contributed by atoms with Crippen molar-refractivity contribution in [2.24, 2.45) is 0 Å². The second-order valence-corrected chi connectivity index (χ2v) is 4.87. The molecular weight excluding hydrogens is 330 g/mol. The zero-order valence-electron chi connectivity index (χ0n) is 10.8. The molecule has 0 fully saturated rings. The third kappa shape index (κ3) is 2.83. The number of halogens is 1. The number of aromatic carboxylic acids is 1. The lowest BCUT2D eigenvalue weighted by Crippen LogP contribution is -1.97. The first-order valence-electron chi connectivity index (χ1n) is 5.62. The molecule has 0 saturated carbocycles. The van der Waals surface area contributed by atoms with E-state index in [1.807, 2.05) is 6.07 Å². The minimum Gasteiger partial charge on any atom is -0.496 e. The summed E-state index contributed by atoms with van der Waals surface area (Å²) in [5, 5.41) is 12.7. The maximum absolute atomic E-state index is 10.9. The molecule has 0 aliphatic carbocycles. The summed E-state index contributed by atoms with van der Waals surface area (Å²) >= 11 is 3.39. The van der Waals surface area contributed by atoms with Gasteiger partial charge in [0.2, 0.25) is 5.76 Å². The molecule has 0 atom stereocenters. The molecule has 1 N–H and O–H groups in total. The number of hydrogen-bond acceptors (Lipinski definition) is 5. The molecule has 0 unspecified atom stereocenters. The minimum absolute atomic E-state index is 0.228. The van der Waals surface area contributed by atoms with Crippen LogP contribution in [0.15, 0.2) is 27.2 Å². The van der Waals surface area contributed by atoms with E-state index in [1.165, 1.54) is 13.2 Å². The highest BCUT2D eigenvalue weighted by Gasteiger charge is 2.19. The second kappa shape index (κ2) is 6.06. The predicted molar refractivity (Wildman–Crippen MR) is 73.9 cm³/mol. The molecule has 6 nitrogen and oxygen atoms in total. The van der Waals surface area contributed by atoms with E-state index in [4.69, 9.17) is 19.1 Å². The lowest BCUT2D eigenvalue weighted by molar-refractivity contribution is 0.0652. The molecule has 0 saturated heterocycles. The molecule has 0 aliphatic rings. The van der Waals surface area contributed by atoms with Gasteiger partial charge in [0.15, 0.2) is 0 Å². The van der Waals surface area contributed by atoms with Crippen molar-refractivity contribution in [1.82, 2.24) is 5.16 Å². The summed E-state index contributed by atoms with van der Waals surface area (Å²) in [6, 6.07) is 4.98. The number of carboxylic acid groups (broad SMARTS) is 1. The largest absolute Gasteiger partial charge is 0.496 e. The van der Waals surface area contributed by atoms with Crippen LogP contribution in [0.3, 0.4) is 0 Å². The van der Waals surface area contributed by atoms with Gasteiger partial charge in [0, 0.05) is 17.6 Å². The Labute approximate surface area is 123 Å². The fourth-order valence-corrected chi connectivity index (χ4v) is 2.34. The fraction of sp³-hybridized carbons (Fsp3) is 0.231. The average Bonchev–Trinajstić information content (AvgIpc) is 2.87. The van der Waals surface area contributed by atoms with E-state index in [0.717, 1.165) is 10.0 Å². The van der Waals surface area contributed by atoms with Gasteiger partial charge in [0.25, 0.3) is 0 Å². The lowest BCUT2D eigenvalue weighted by Gasteiger charge is -2.12. The van der Waals surface area contributed by atoms with Crippen molar-refractivity contribution in [3.63, 3.8) is 0 Å². The molecule has 106 valence electrons. The summed E-state index contributed by atoms with van der Waals surface area (Å²) in [5.41, 5.74) is 1.84. The van der Waals surface area contributed by atoms with Crippen LogP contribution in [-0.2, 0) is 11.3 Å². The van der Waals surface area contributed by atoms with E-state index in [9.17, 15) is 4.79 Å². The van der Waals surface area contributed by atoms with Gasteiger partial charge in [-0.3, -0.25) is 0 Å². The highest BCUT2D eigenvalue weighted by molar-refractivity contribution is 9.10. The maximum Gasteiger partial charge on any atom is 0.374 e. The Hall–Kier alpha value is -1.86. The van der Waals surface area contributed by atoms with Crippen LogP contribution in [0.2, 0.25) is 0 Å². The third-order valence-corrected chi connectivity index (χ3v) is 3.10. The first-order valence-corrected chi connectivity index (χ1v) is 6.41. The van der Waals surface area contributed by atoms with Crippen LogP contribution in [0.5, 0.6) is 5.75 Å². The molecule has 2 aromatic rings. The Morgan fingerprint density at radius 3 is 2.70 bits per heavy atom. The molecule has 7 heteroatoms. The van der Waals surface area contributed by atoms with Gasteiger partial charge >= 0.3 is 5.97 Å². The summed E-state index contributed by atoms with van der Waals surface area (Å²) in [4.78, 5) is 10.9. The highest BCUT2D eigenvalue weighted by atomic mass is 79.9. The van der Waals surface area contributed by atoms with Crippen LogP contribution in [0.4, 0.5) is 0 Å². The van der Waals surface area contributed by atoms with E-state index in [1.54, 1.807) is 13.2 Å². The SMILES string of the molecule is COCc1cc(Br)cc(OC)c1-c1cc(C(=O)O)on1. The van der Waals surface area contributed by atoms with Gasteiger partial charge in [0.1, 0.15) is 11.4 Å². The fourth-order valence-electron chi connectivity index (χ4n) is 1.85. The Morgan fingerprint density at radius 2 is 2.15 bits per heavy atom. The normalized spacial score (nSPS) is 10.6. The Bertz CT molecular complexity index is 638. The zero-order valence-corrected chi connectivity index (χ0v) is 12.4. The van der Waals surface area contributed by atoms with Gasteiger partial charge in [-0.2, -0.15) is 0 Å². The van der Waals surface area contributed by atoms with Crippen molar-refractivity contribution < 1.29 is 23.9 Å². The number of carboxylic acids is 1. The van der Waals surface area contributed by atoms with Crippen molar-refractivity contribution in [2.45, 2.75) is 6.61 Å². The summed E-state index contributed by atoms with van der Waals surface area (Å²) < 4.78 is 16.1. The van der Waals surface area contributed by atoms with Gasteiger partial charge in [-0.25, -0.2) is 4.79 Å². The first kappa shape index (κ1) is 14.5. The lowest BCUT2D eigenvalue weighted by atomic mass is 10.0. The standard InChI is InChI=1S/C13H12BrNO5/c1-18-6-7-3-8(14)4-10(19-2)12(7)9-5-11(13(16)17)20-15-9/h3-5H,6H2,1-2H3,(H,16,17). The quantitative estimate of drug-likeness (QED) is 0.900. The molecule has 0 radical (unpaired) electrons. The number of benzene rings is 1. The predicted octanol–water partition coefficient (Wildman–Crippen LogP) is 2.96. The van der Waals surface area contributed by atoms with Crippen molar-refractivity contribution in [1.29, 1.82) is 0 Å². The monoisotopic (exact) mass is 341 g/mol. The number of carbonyl (C=O) groups is 1. The van der Waals surface area contributed by atoms with Crippen LogP contribution in [-0.4, -0.2) is 30.5 Å². The van der Waals surface area contributed by atoms with Crippen LogP contribution in [0, 0.1) is 0 Å². The Kier molecular flexibility index (Phi) is 4.41. The van der Waals surface area contributed by atoms with E-state index in [0.29, 0.717) is 23.6 Å². The second-order valence-electron chi connectivity index (χ2n) is 3.96. The maximum atomic E-state index is 10.9. The van der Waals surface area contributed by atoms with Crippen LogP contribution in [0.25, 0.3) is 11.3 Å². The topological polar surface area (TPSA) is 81.8 Å². The van der Waals surface area contributed by atoms with Gasteiger partial charge < -0.3 is 19.1 Å². The number of methoxy groups -OCH3 is 2. The van der Waals surface area contributed by atoms with Gasteiger partial charge in [-0.15, -0.1) is 0 Å². The minimum atomic E-state index is -1.17. The van der Waals surface area contributed by atoms with Crippen molar-refractivity contribution in [3.05, 3.63) is 34.0 Å². The average molecular weight is 342 g/mol. The molecule has 1 aromatic carbocycles. The molecular formula is C13H12BrNO5. The van der Waals surface area contributed by atoms with Gasteiger partial charge in [-0.1, -0.05) is 21.1 Å². The summed E-state index contributed by atoms with van der Waals surface area (Å²) in [5.74, 6) is -0.849. The molecule has 1 heterocycles. The van der Waals surface area contributed by atoms with E-state index in [2.05, 4.69) is 21.1 Å². The molecule has 0 amide bonds. The van der Waals surface area contributed by atoms with E-state index in [-0.39, 0.29) is 5.76 Å². The van der Waals surface area contributed by atoms with Crippen LogP contribution in [0.1, 0.15) is 16.1 Å². The molecule has 0 bridgehead atoms. The molecule has 0 spiro atoms. The third-order valence-electron chi connectivity index (χ3n) is 2.65. The van der Waals surface area contributed by atoms with Crippen LogP contribution < -0.4 is 4.74 Å². The Balaban J connectivity index is 2.59. The number of hydrogen-bond donors (Lipinski definition) is 1. The number of aromatic nitrogens is 1. The zero-order chi connectivity index (χ0) is 14.7. The van der Waals surface area contributed by atoms with Crippen molar-refractivity contribution in [3.8, 4) is 17.0 Å².